The minimum atomic E-state index is 0.158. The van der Waals surface area contributed by atoms with E-state index in [0.717, 1.165) is 12.2 Å². The van der Waals surface area contributed by atoms with Crippen LogP contribution in [0.4, 0.5) is 5.69 Å². The summed E-state index contributed by atoms with van der Waals surface area (Å²) in [5, 5.41) is 1.95. The molecular formula is C17H21NO. The fourth-order valence-corrected chi connectivity index (χ4v) is 1.90. The molecule has 0 aliphatic rings. The largest absolute Gasteiger partial charge is 0.270 e. The van der Waals surface area contributed by atoms with E-state index in [4.69, 9.17) is 4.84 Å². The van der Waals surface area contributed by atoms with Crippen LogP contribution in [-0.2, 0) is 11.4 Å². The first-order valence-corrected chi connectivity index (χ1v) is 6.70. The highest BCUT2D eigenvalue weighted by Crippen LogP contribution is 2.18. The first kappa shape index (κ1) is 13.6. The summed E-state index contributed by atoms with van der Waals surface area (Å²) in [5.41, 5.74) is 3.60. The lowest BCUT2D eigenvalue weighted by molar-refractivity contribution is 0.0526. The fourth-order valence-electron chi connectivity index (χ4n) is 1.90. The van der Waals surface area contributed by atoms with E-state index < -0.39 is 0 Å². The molecule has 0 N–H and O–H groups in total. The number of hydrogen-bond acceptors (Lipinski definition) is 2. The van der Waals surface area contributed by atoms with Crippen LogP contribution in [0.15, 0.2) is 54.6 Å². The quantitative estimate of drug-likeness (QED) is 0.737. The maximum absolute atomic E-state index is 5.90. The average molecular weight is 255 g/mol. The summed E-state index contributed by atoms with van der Waals surface area (Å²) in [5.74, 6) is 0. The highest BCUT2D eigenvalue weighted by atomic mass is 16.7. The predicted molar refractivity (Wildman–Crippen MR) is 80.0 cm³/mol. The van der Waals surface area contributed by atoms with Crippen molar-refractivity contribution in [2.45, 2.75) is 33.4 Å². The average Bonchev–Trinajstić information content (AvgIpc) is 2.41. The van der Waals surface area contributed by atoms with Crippen molar-refractivity contribution < 1.29 is 4.84 Å². The maximum atomic E-state index is 5.90. The van der Waals surface area contributed by atoms with Crippen LogP contribution < -0.4 is 5.06 Å². The van der Waals surface area contributed by atoms with Crippen LogP contribution in [0.1, 0.15) is 25.0 Å². The number of benzene rings is 2. The van der Waals surface area contributed by atoms with Gasteiger partial charge in [-0.25, -0.2) is 5.06 Å². The van der Waals surface area contributed by atoms with Crippen LogP contribution in [0.3, 0.4) is 0 Å². The lowest BCUT2D eigenvalue weighted by Gasteiger charge is -2.26. The molecule has 100 valence electrons. The third kappa shape index (κ3) is 4.11. The van der Waals surface area contributed by atoms with E-state index >= 15 is 0 Å². The number of anilines is 1. The van der Waals surface area contributed by atoms with Crippen LogP contribution in [0.25, 0.3) is 0 Å². The smallest absolute Gasteiger partial charge is 0.0800 e. The van der Waals surface area contributed by atoms with Crippen molar-refractivity contribution in [3.63, 3.8) is 0 Å². The van der Waals surface area contributed by atoms with E-state index in [9.17, 15) is 0 Å². The van der Waals surface area contributed by atoms with Gasteiger partial charge in [-0.1, -0.05) is 48.0 Å². The molecule has 0 unspecified atom stereocenters. The van der Waals surface area contributed by atoms with E-state index in [1.54, 1.807) is 0 Å². The molecule has 0 spiro atoms. The van der Waals surface area contributed by atoms with Gasteiger partial charge in [0, 0.05) is 0 Å². The second-order valence-electron chi connectivity index (χ2n) is 5.01. The van der Waals surface area contributed by atoms with Crippen molar-refractivity contribution in [2.75, 3.05) is 5.06 Å². The number of hydroxylamine groups is 1. The molecule has 2 heteroatoms. The van der Waals surface area contributed by atoms with E-state index in [0.29, 0.717) is 0 Å². The predicted octanol–water partition coefficient (Wildman–Crippen LogP) is 4.34. The van der Waals surface area contributed by atoms with Crippen molar-refractivity contribution in [2.24, 2.45) is 0 Å². The molecule has 0 aromatic heterocycles. The summed E-state index contributed by atoms with van der Waals surface area (Å²) < 4.78 is 0. The molecule has 0 radical (unpaired) electrons. The van der Waals surface area contributed by atoms with Crippen molar-refractivity contribution in [3.05, 3.63) is 65.7 Å². The van der Waals surface area contributed by atoms with Gasteiger partial charge in [0.05, 0.1) is 18.3 Å². The molecule has 2 rings (SSSR count). The van der Waals surface area contributed by atoms with Gasteiger partial charge in [-0.3, -0.25) is 4.84 Å². The lowest BCUT2D eigenvalue weighted by atomic mass is 10.1. The molecule has 2 aromatic carbocycles. The van der Waals surface area contributed by atoms with Crippen LogP contribution in [0.2, 0.25) is 0 Å². The molecule has 19 heavy (non-hydrogen) atoms. The van der Waals surface area contributed by atoms with Crippen molar-refractivity contribution in [3.8, 4) is 0 Å². The fraction of sp³-hybridized carbons (Fsp3) is 0.294. The Morgan fingerprint density at radius 2 is 1.58 bits per heavy atom. The topological polar surface area (TPSA) is 12.5 Å². The first-order chi connectivity index (χ1) is 9.15. The third-order valence-corrected chi connectivity index (χ3v) is 2.83. The third-order valence-electron chi connectivity index (χ3n) is 2.83. The Bertz CT molecular complexity index is 490. The number of nitrogens with zero attached hydrogens (tertiary/aromatic N) is 1. The summed E-state index contributed by atoms with van der Waals surface area (Å²) in [7, 11) is 0. The van der Waals surface area contributed by atoms with Crippen molar-refractivity contribution in [1.82, 2.24) is 0 Å². The van der Waals surface area contributed by atoms with E-state index in [1.165, 1.54) is 11.1 Å². The van der Waals surface area contributed by atoms with Gasteiger partial charge in [-0.05, 0) is 38.5 Å². The molecule has 0 heterocycles. The van der Waals surface area contributed by atoms with Crippen molar-refractivity contribution in [1.29, 1.82) is 0 Å². The molecule has 2 nitrogen and oxygen atoms in total. The second-order valence-corrected chi connectivity index (χ2v) is 5.01. The first-order valence-electron chi connectivity index (χ1n) is 6.70. The Morgan fingerprint density at radius 1 is 0.947 bits per heavy atom. The Hall–Kier alpha value is -1.80. The van der Waals surface area contributed by atoms with Gasteiger partial charge in [0.2, 0.25) is 0 Å². The number of hydrogen-bond donors (Lipinski definition) is 0. The van der Waals surface area contributed by atoms with Gasteiger partial charge >= 0.3 is 0 Å². The zero-order chi connectivity index (χ0) is 13.7. The van der Waals surface area contributed by atoms with Gasteiger partial charge in [0.25, 0.3) is 0 Å². The van der Waals surface area contributed by atoms with Crippen LogP contribution in [-0.4, -0.2) is 6.10 Å². The molecule has 0 aliphatic carbocycles. The summed E-state index contributed by atoms with van der Waals surface area (Å²) in [4.78, 5) is 5.90. The monoisotopic (exact) mass is 255 g/mol. The Labute approximate surface area is 115 Å². The molecule has 0 amide bonds. The van der Waals surface area contributed by atoms with Crippen LogP contribution in [0.5, 0.6) is 0 Å². The zero-order valence-electron chi connectivity index (χ0n) is 11.8. The molecule has 0 atom stereocenters. The molecule has 0 aliphatic heterocycles. The summed E-state index contributed by atoms with van der Waals surface area (Å²) >= 11 is 0. The van der Waals surface area contributed by atoms with E-state index in [2.05, 4.69) is 43.3 Å². The zero-order valence-corrected chi connectivity index (χ0v) is 11.8. The summed E-state index contributed by atoms with van der Waals surface area (Å²) in [6, 6.07) is 18.8. The minimum Gasteiger partial charge on any atom is -0.270 e. The summed E-state index contributed by atoms with van der Waals surface area (Å²) in [6.45, 7) is 6.95. The molecule has 0 bridgehead atoms. The van der Waals surface area contributed by atoms with Gasteiger partial charge < -0.3 is 0 Å². The van der Waals surface area contributed by atoms with E-state index in [-0.39, 0.29) is 6.10 Å². The van der Waals surface area contributed by atoms with Gasteiger partial charge in [0.15, 0.2) is 0 Å². The number of rotatable bonds is 5. The van der Waals surface area contributed by atoms with Crippen LogP contribution >= 0.6 is 0 Å². The molecular weight excluding hydrogens is 234 g/mol. The highest BCUT2D eigenvalue weighted by Gasteiger charge is 2.09. The van der Waals surface area contributed by atoms with Gasteiger partial charge in [-0.15, -0.1) is 0 Å². The standard InChI is InChI=1S/C17H21NO/c1-14(2)19-18(17-7-5-4-6-8-17)13-16-11-9-15(3)10-12-16/h4-12,14H,13H2,1-3H3. The Balaban J connectivity index is 2.16. The number of para-hydroxylation sites is 1. The molecule has 0 fully saturated rings. The maximum Gasteiger partial charge on any atom is 0.0800 e. The SMILES string of the molecule is Cc1ccc(CN(OC(C)C)c2ccccc2)cc1. The lowest BCUT2D eigenvalue weighted by Crippen LogP contribution is -2.26. The molecule has 2 aromatic rings. The molecule has 0 saturated carbocycles. The highest BCUT2D eigenvalue weighted by molar-refractivity contribution is 5.44. The Morgan fingerprint density at radius 3 is 2.16 bits per heavy atom. The summed E-state index contributed by atoms with van der Waals surface area (Å²) in [6.07, 6.45) is 0.158. The molecule has 0 saturated heterocycles. The number of aryl methyl sites for hydroxylation is 1. The van der Waals surface area contributed by atoms with E-state index in [1.807, 2.05) is 37.1 Å². The van der Waals surface area contributed by atoms with Gasteiger partial charge in [-0.2, -0.15) is 0 Å². The normalized spacial score (nSPS) is 10.7. The minimum absolute atomic E-state index is 0.158. The van der Waals surface area contributed by atoms with Crippen molar-refractivity contribution >= 4 is 5.69 Å². The Kier molecular flexibility index (Phi) is 4.58. The second kappa shape index (κ2) is 6.39. The van der Waals surface area contributed by atoms with Crippen LogP contribution in [0, 0.1) is 6.92 Å². The van der Waals surface area contributed by atoms with Gasteiger partial charge in [0.1, 0.15) is 0 Å².